The summed E-state index contributed by atoms with van der Waals surface area (Å²) in [6.07, 6.45) is -2.77. The Bertz CT molecular complexity index is 119. The molecule has 0 radical (unpaired) electrons. The van der Waals surface area contributed by atoms with Gasteiger partial charge in [0.05, 0.1) is 6.61 Å². The summed E-state index contributed by atoms with van der Waals surface area (Å²) in [7, 11) is 0. The van der Waals surface area contributed by atoms with E-state index in [9.17, 15) is 13.2 Å². The van der Waals surface area contributed by atoms with E-state index in [4.69, 9.17) is 0 Å². The molecule has 1 saturated heterocycles. The Morgan fingerprint density at radius 3 is 2.64 bits per heavy atom. The maximum Gasteiger partial charge on any atom is 0.522 e. The molecule has 0 spiro atoms. The van der Waals surface area contributed by atoms with E-state index in [0.29, 0.717) is 0 Å². The largest absolute Gasteiger partial charge is 0.522 e. The summed E-state index contributed by atoms with van der Waals surface area (Å²) in [5.41, 5.74) is 0. The van der Waals surface area contributed by atoms with Gasteiger partial charge in [0.25, 0.3) is 0 Å². The van der Waals surface area contributed by atoms with Crippen molar-refractivity contribution in [2.45, 2.75) is 25.2 Å². The lowest BCUT2D eigenvalue weighted by Gasteiger charge is -2.11. The Morgan fingerprint density at radius 2 is 2.18 bits per heavy atom. The first-order valence-electron chi connectivity index (χ1n) is 3.52. The second kappa shape index (κ2) is 3.40. The van der Waals surface area contributed by atoms with Crippen LogP contribution < -0.4 is 5.32 Å². The zero-order valence-electron chi connectivity index (χ0n) is 5.95. The Morgan fingerprint density at radius 1 is 1.45 bits per heavy atom. The molecule has 0 bridgehead atoms. The molecule has 0 aromatic heterocycles. The maximum atomic E-state index is 11.5. The monoisotopic (exact) mass is 169 g/mol. The van der Waals surface area contributed by atoms with Gasteiger partial charge in [-0.2, -0.15) is 0 Å². The van der Waals surface area contributed by atoms with E-state index in [1.807, 2.05) is 0 Å². The maximum absolute atomic E-state index is 11.5. The molecule has 1 aliphatic rings. The van der Waals surface area contributed by atoms with Gasteiger partial charge < -0.3 is 5.32 Å². The topological polar surface area (TPSA) is 21.3 Å². The molecule has 1 aliphatic heterocycles. The number of alkyl halides is 3. The van der Waals surface area contributed by atoms with Crippen LogP contribution in [0, 0.1) is 0 Å². The zero-order valence-corrected chi connectivity index (χ0v) is 5.95. The van der Waals surface area contributed by atoms with E-state index in [-0.39, 0.29) is 12.6 Å². The Kier molecular flexibility index (Phi) is 2.72. The quantitative estimate of drug-likeness (QED) is 0.672. The average molecular weight is 169 g/mol. The van der Waals surface area contributed by atoms with Crippen LogP contribution in [0.5, 0.6) is 0 Å². The lowest BCUT2D eigenvalue weighted by Crippen LogP contribution is -2.30. The molecule has 1 rings (SSSR count). The van der Waals surface area contributed by atoms with Crippen molar-refractivity contribution in [3.63, 3.8) is 0 Å². The molecule has 1 atom stereocenters. The Labute approximate surface area is 62.7 Å². The van der Waals surface area contributed by atoms with Crippen LogP contribution in [0.1, 0.15) is 12.8 Å². The van der Waals surface area contributed by atoms with Gasteiger partial charge in [0.15, 0.2) is 0 Å². The summed E-state index contributed by atoms with van der Waals surface area (Å²) < 4.78 is 38.0. The van der Waals surface area contributed by atoms with Gasteiger partial charge >= 0.3 is 6.36 Å². The highest BCUT2D eigenvalue weighted by Gasteiger charge is 2.30. The SMILES string of the molecule is FC(F)(F)OCC1CCCN1. The summed E-state index contributed by atoms with van der Waals surface area (Å²) >= 11 is 0. The molecular formula is C6H10F3NO. The fourth-order valence-corrected chi connectivity index (χ4v) is 1.09. The van der Waals surface area contributed by atoms with Gasteiger partial charge in [0.2, 0.25) is 0 Å². The molecule has 0 aromatic carbocycles. The van der Waals surface area contributed by atoms with E-state index in [1.54, 1.807) is 0 Å². The predicted molar refractivity (Wildman–Crippen MR) is 33.0 cm³/mol. The van der Waals surface area contributed by atoms with E-state index in [0.717, 1.165) is 19.4 Å². The zero-order chi connectivity index (χ0) is 8.32. The second-order valence-electron chi connectivity index (χ2n) is 2.55. The number of halogens is 3. The molecule has 5 heteroatoms. The molecule has 1 unspecified atom stereocenters. The van der Waals surface area contributed by atoms with Crippen molar-refractivity contribution in [2.75, 3.05) is 13.2 Å². The smallest absolute Gasteiger partial charge is 0.312 e. The summed E-state index contributed by atoms with van der Waals surface area (Å²) in [5, 5.41) is 2.90. The highest BCUT2D eigenvalue weighted by atomic mass is 19.4. The van der Waals surface area contributed by atoms with Crippen molar-refractivity contribution in [1.82, 2.24) is 5.32 Å². The molecule has 0 aromatic rings. The van der Waals surface area contributed by atoms with Gasteiger partial charge in [-0.25, -0.2) is 0 Å². The van der Waals surface area contributed by atoms with Gasteiger partial charge in [-0.15, -0.1) is 13.2 Å². The number of rotatable bonds is 2. The summed E-state index contributed by atoms with van der Waals surface area (Å²) in [6, 6.07) is -0.114. The van der Waals surface area contributed by atoms with Crippen molar-refractivity contribution in [3.05, 3.63) is 0 Å². The molecule has 1 fully saturated rings. The fraction of sp³-hybridized carbons (Fsp3) is 1.00. The van der Waals surface area contributed by atoms with Crippen molar-refractivity contribution in [2.24, 2.45) is 0 Å². The van der Waals surface area contributed by atoms with Crippen LogP contribution in [-0.2, 0) is 4.74 Å². The normalized spacial score (nSPS) is 25.9. The van der Waals surface area contributed by atoms with Crippen LogP contribution in [0.15, 0.2) is 0 Å². The van der Waals surface area contributed by atoms with Crippen LogP contribution in [0.4, 0.5) is 13.2 Å². The number of hydrogen-bond acceptors (Lipinski definition) is 2. The molecule has 0 aliphatic carbocycles. The number of hydrogen-bond donors (Lipinski definition) is 1. The average Bonchev–Trinajstić information content (AvgIpc) is 2.32. The van der Waals surface area contributed by atoms with Crippen molar-refractivity contribution in [3.8, 4) is 0 Å². The van der Waals surface area contributed by atoms with Gasteiger partial charge in [-0.1, -0.05) is 0 Å². The first-order valence-corrected chi connectivity index (χ1v) is 3.52. The minimum Gasteiger partial charge on any atom is -0.312 e. The van der Waals surface area contributed by atoms with Gasteiger partial charge in [-0.05, 0) is 19.4 Å². The van der Waals surface area contributed by atoms with Crippen LogP contribution in [0.3, 0.4) is 0 Å². The van der Waals surface area contributed by atoms with Gasteiger partial charge in [-0.3, -0.25) is 4.74 Å². The molecule has 11 heavy (non-hydrogen) atoms. The summed E-state index contributed by atoms with van der Waals surface area (Å²) in [6.45, 7) is 0.537. The molecule has 0 amide bonds. The minimum atomic E-state index is -4.48. The third kappa shape index (κ3) is 3.57. The van der Waals surface area contributed by atoms with Gasteiger partial charge in [0, 0.05) is 6.04 Å². The predicted octanol–water partition coefficient (Wildman–Crippen LogP) is 1.27. The second-order valence-corrected chi connectivity index (χ2v) is 2.55. The molecular weight excluding hydrogens is 159 g/mol. The highest BCUT2D eigenvalue weighted by Crippen LogP contribution is 2.17. The Balaban J connectivity index is 2.11. The van der Waals surface area contributed by atoms with Gasteiger partial charge in [0.1, 0.15) is 0 Å². The van der Waals surface area contributed by atoms with Crippen molar-refractivity contribution >= 4 is 0 Å². The number of ether oxygens (including phenoxy) is 1. The van der Waals surface area contributed by atoms with E-state index >= 15 is 0 Å². The minimum absolute atomic E-state index is 0.114. The molecule has 1 heterocycles. The van der Waals surface area contributed by atoms with Crippen molar-refractivity contribution < 1.29 is 17.9 Å². The molecule has 1 N–H and O–H groups in total. The summed E-state index contributed by atoms with van der Waals surface area (Å²) in [4.78, 5) is 0. The first kappa shape index (κ1) is 8.80. The molecule has 66 valence electrons. The standard InChI is InChI=1S/C6H10F3NO/c7-6(8,9)11-4-5-2-1-3-10-5/h5,10H,1-4H2. The molecule has 0 saturated carbocycles. The molecule has 2 nitrogen and oxygen atoms in total. The Hall–Kier alpha value is -0.290. The van der Waals surface area contributed by atoms with Crippen LogP contribution in [0.25, 0.3) is 0 Å². The van der Waals surface area contributed by atoms with Crippen LogP contribution >= 0.6 is 0 Å². The third-order valence-corrected chi connectivity index (χ3v) is 1.61. The van der Waals surface area contributed by atoms with E-state index < -0.39 is 6.36 Å². The lowest BCUT2D eigenvalue weighted by molar-refractivity contribution is -0.326. The summed E-state index contributed by atoms with van der Waals surface area (Å²) in [5.74, 6) is 0. The van der Waals surface area contributed by atoms with Crippen LogP contribution in [-0.4, -0.2) is 25.6 Å². The number of nitrogens with one attached hydrogen (secondary N) is 1. The van der Waals surface area contributed by atoms with Crippen LogP contribution in [0.2, 0.25) is 0 Å². The lowest BCUT2D eigenvalue weighted by atomic mass is 10.2. The first-order chi connectivity index (χ1) is 5.08. The third-order valence-electron chi connectivity index (χ3n) is 1.61. The highest BCUT2D eigenvalue weighted by molar-refractivity contribution is 4.73. The van der Waals surface area contributed by atoms with E-state index in [1.165, 1.54) is 0 Å². The van der Waals surface area contributed by atoms with Crippen molar-refractivity contribution in [1.29, 1.82) is 0 Å². The fourth-order valence-electron chi connectivity index (χ4n) is 1.09. The van der Waals surface area contributed by atoms with E-state index in [2.05, 4.69) is 10.1 Å².